The van der Waals surface area contributed by atoms with Gasteiger partial charge in [-0.05, 0) is 18.2 Å². The van der Waals surface area contributed by atoms with Crippen LogP contribution in [0.25, 0.3) is 16.9 Å². The molecule has 2 heterocycles. The molecule has 0 aliphatic rings. The number of rotatable bonds is 2. The van der Waals surface area contributed by atoms with E-state index in [2.05, 4.69) is 9.97 Å². The molecule has 7 heteroatoms. The van der Waals surface area contributed by atoms with Crippen molar-refractivity contribution in [2.75, 3.05) is 0 Å². The zero-order chi connectivity index (χ0) is 15.0. The maximum absolute atomic E-state index is 12.8. The first-order valence-corrected chi connectivity index (χ1v) is 6.20. The minimum Gasteiger partial charge on any atom is -0.326 e. The monoisotopic (exact) mass is 292 g/mol. The summed E-state index contributed by atoms with van der Waals surface area (Å²) in [5, 5.41) is 0. The van der Waals surface area contributed by atoms with Crippen LogP contribution in [0.15, 0.2) is 42.7 Å². The number of fused-ring (bicyclic) bond motifs is 1. The lowest BCUT2D eigenvalue weighted by Crippen LogP contribution is -2.13. The zero-order valence-corrected chi connectivity index (χ0v) is 10.8. The van der Waals surface area contributed by atoms with Gasteiger partial charge in [-0.15, -0.1) is 0 Å². The quantitative estimate of drug-likeness (QED) is 0.790. The molecular formula is C14H11F3N4. The highest BCUT2D eigenvalue weighted by Gasteiger charge is 2.33. The Morgan fingerprint density at radius 2 is 1.86 bits per heavy atom. The Balaban J connectivity index is 2.25. The molecule has 0 bridgehead atoms. The van der Waals surface area contributed by atoms with Crippen LogP contribution in [0.4, 0.5) is 13.2 Å². The van der Waals surface area contributed by atoms with Crippen molar-refractivity contribution in [2.24, 2.45) is 5.73 Å². The number of alkyl halides is 3. The maximum atomic E-state index is 12.8. The van der Waals surface area contributed by atoms with Gasteiger partial charge in [-0.3, -0.25) is 4.57 Å². The number of aromatic nitrogens is 3. The fourth-order valence-electron chi connectivity index (χ4n) is 2.13. The van der Waals surface area contributed by atoms with Gasteiger partial charge in [0, 0.05) is 12.1 Å². The molecule has 108 valence electrons. The minimum absolute atomic E-state index is 0.0903. The van der Waals surface area contributed by atoms with E-state index in [1.807, 2.05) is 6.07 Å². The molecule has 1 aromatic carbocycles. The molecule has 2 N–H and O–H groups in total. The zero-order valence-electron chi connectivity index (χ0n) is 10.8. The highest BCUT2D eigenvalue weighted by Crippen LogP contribution is 2.29. The number of para-hydroxylation sites is 2. The molecule has 0 amide bonds. The van der Waals surface area contributed by atoms with Crippen molar-refractivity contribution >= 4 is 11.0 Å². The van der Waals surface area contributed by atoms with Crippen LogP contribution in [0.3, 0.4) is 0 Å². The van der Waals surface area contributed by atoms with Crippen LogP contribution in [0.2, 0.25) is 0 Å². The normalized spacial score (nSPS) is 12.0. The molecule has 0 spiro atoms. The highest BCUT2D eigenvalue weighted by molar-refractivity contribution is 5.77. The van der Waals surface area contributed by atoms with E-state index < -0.39 is 11.9 Å². The number of nitrogens with zero attached hydrogens (tertiary/aromatic N) is 3. The summed E-state index contributed by atoms with van der Waals surface area (Å²) in [5.74, 6) is 0.154. The summed E-state index contributed by atoms with van der Waals surface area (Å²) >= 11 is 0. The largest absolute Gasteiger partial charge is 0.433 e. The number of imidazole rings is 1. The first-order valence-electron chi connectivity index (χ1n) is 6.20. The van der Waals surface area contributed by atoms with E-state index in [1.165, 1.54) is 17.0 Å². The third-order valence-electron chi connectivity index (χ3n) is 3.15. The van der Waals surface area contributed by atoms with E-state index in [9.17, 15) is 13.2 Å². The van der Waals surface area contributed by atoms with Crippen LogP contribution in [-0.2, 0) is 12.7 Å². The van der Waals surface area contributed by atoms with Crippen molar-refractivity contribution in [1.82, 2.24) is 14.5 Å². The lowest BCUT2D eigenvalue weighted by Gasteiger charge is -2.12. The molecular weight excluding hydrogens is 281 g/mol. The first kappa shape index (κ1) is 13.6. The lowest BCUT2D eigenvalue weighted by atomic mass is 10.2. The number of benzene rings is 1. The van der Waals surface area contributed by atoms with Gasteiger partial charge in [0.2, 0.25) is 0 Å². The van der Waals surface area contributed by atoms with E-state index in [1.54, 1.807) is 18.2 Å². The summed E-state index contributed by atoms with van der Waals surface area (Å²) in [6.45, 7) is 0.0903. The van der Waals surface area contributed by atoms with E-state index in [0.29, 0.717) is 16.6 Å². The number of pyridine rings is 1. The summed E-state index contributed by atoms with van der Waals surface area (Å²) in [6, 6.07) is 9.43. The second-order valence-electron chi connectivity index (χ2n) is 4.48. The molecule has 0 unspecified atom stereocenters. The van der Waals surface area contributed by atoms with Crippen LogP contribution in [0.5, 0.6) is 0 Å². The summed E-state index contributed by atoms with van der Waals surface area (Å²) in [5.41, 5.74) is 6.53. The Morgan fingerprint density at radius 3 is 2.57 bits per heavy atom. The van der Waals surface area contributed by atoms with Crippen LogP contribution in [0, 0.1) is 0 Å². The number of halogens is 3. The summed E-state index contributed by atoms with van der Waals surface area (Å²) in [4.78, 5) is 7.89. The minimum atomic E-state index is -4.50. The number of nitrogens with two attached hydrogens (primary N) is 1. The SMILES string of the molecule is NCc1ccc(C(F)(F)F)nc1-n1cnc2ccccc21. The average Bonchev–Trinajstić information content (AvgIpc) is 2.89. The van der Waals surface area contributed by atoms with Crippen LogP contribution >= 0.6 is 0 Å². The molecule has 2 aromatic heterocycles. The summed E-state index contributed by atoms with van der Waals surface area (Å²) < 4.78 is 40.0. The van der Waals surface area contributed by atoms with Crippen LogP contribution < -0.4 is 5.73 Å². The third-order valence-corrected chi connectivity index (χ3v) is 3.15. The molecule has 0 atom stereocenters. The fourth-order valence-corrected chi connectivity index (χ4v) is 2.13. The molecule has 0 aliphatic heterocycles. The molecule has 21 heavy (non-hydrogen) atoms. The maximum Gasteiger partial charge on any atom is 0.433 e. The van der Waals surface area contributed by atoms with Gasteiger partial charge in [-0.25, -0.2) is 9.97 Å². The number of hydrogen-bond donors (Lipinski definition) is 1. The topological polar surface area (TPSA) is 56.7 Å². The van der Waals surface area contributed by atoms with Gasteiger partial charge in [0.15, 0.2) is 0 Å². The molecule has 0 radical (unpaired) electrons. The van der Waals surface area contributed by atoms with Gasteiger partial charge in [-0.2, -0.15) is 13.2 Å². The van der Waals surface area contributed by atoms with Gasteiger partial charge in [0.25, 0.3) is 0 Å². The first-order chi connectivity index (χ1) is 10.0. The predicted octanol–water partition coefficient (Wildman–Crippen LogP) is 2.90. The van der Waals surface area contributed by atoms with Crippen molar-refractivity contribution in [2.45, 2.75) is 12.7 Å². The van der Waals surface area contributed by atoms with Gasteiger partial charge in [-0.1, -0.05) is 18.2 Å². The number of hydrogen-bond acceptors (Lipinski definition) is 3. The van der Waals surface area contributed by atoms with E-state index in [4.69, 9.17) is 5.73 Å². The molecule has 3 aromatic rings. The van der Waals surface area contributed by atoms with Crippen molar-refractivity contribution in [3.63, 3.8) is 0 Å². The Hall–Kier alpha value is -2.41. The van der Waals surface area contributed by atoms with E-state index in [0.717, 1.165) is 6.07 Å². The van der Waals surface area contributed by atoms with Crippen LogP contribution in [-0.4, -0.2) is 14.5 Å². The van der Waals surface area contributed by atoms with Crippen molar-refractivity contribution in [3.05, 3.63) is 54.0 Å². The van der Waals surface area contributed by atoms with Gasteiger partial charge in [0.1, 0.15) is 17.8 Å². The Morgan fingerprint density at radius 1 is 1.10 bits per heavy atom. The molecule has 0 saturated heterocycles. The van der Waals surface area contributed by atoms with Crippen molar-refractivity contribution in [3.8, 4) is 5.82 Å². The fraction of sp³-hybridized carbons (Fsp3) is 0.143. The van der Waals surface area contributed by atoms with Crippen molar-refractivity contribution in [1.29, 1.82) is 0 Å². The predicted molar refractivity (Wildman–Crippen MR) is 71.8 cm³/mol. The molecule has 0 saturated carbocycles. The second kappa shape index (κ2) is 4.85. The van der Waals surface area contributed by atoms with Crippen LogP contribution in [0.1, 0.15) is 11.3 Å². The highest BCUT2D eigenvalue weighted by atomic mass is 19.4. The summed E-state index contributed by atoms with van der Waals surface area (Å²) in [7, 11) is 0. The molecule has 3 rings (SSSR count). The molecule has 4 nitrogen and oxygen atoms in total. The lowest BCUT2D eigenvalue weighted by molar-refractivity contribution is -0.141. The van der Waals surface area contributed by atoms with Gasteiger partial charge >= 0.3 is 6.18 Å². The van der Waals surface area contributed by atoms with Gasteiger partial charge < -0.3 is 5.73 Å². The van der Waals surface area contributed by atoms with E-state index in [-0.39, 0.29) is 12.4 Å². The molecule has 0 aliphatic carbocycles. The smallest absolute Gasteiger partial charge is 0.326 e. The van der Waals surface area contributed by atoms with Gasteiger partial charge in [0.05, 0.1) is 11.0 Å². The Bertz CT molecular complexity index is 792. The van der Waals surface area contributed by atoms with Crippen molar-refractivity contribution < 1.29 is 13.2 Å². The molecule has 0 fully saturated rings. The Kier molecular flexibility index (Phi) is 3.13. The van der Waals surface area contributed by atoms with E-state index >= 15 is 0 Å². The Labute approximate surface area is 118 Å². The second-order valence-corrected chi connectivity index (χ2v) is 4.48. The third kappa shape index (κ3) is 2.36. The average molecular weight is 292 g/mol. The summed E-state index contributed by atoms with van der Waals surface area (Å²) in [6.07, 6.45) is -3.05. The standard InChI is InChI=1S/C14H11F3N4/c15-14(16,17)12-6-5-9(7-18)13(20-12)21-8-19-10-3-1-2-4-11(10)21/h1-6,8H,7,18H2.